The number of rotatable bonds is 1. The molecule has 1 aromatic rings. The summed E-state index contributed by atoms with van der Waals surface area (Å²) in [7, 11) is -3.05. The van der Waals surface area contributed by atoms with E-state index in [1.54, 1.807) is 18.2 Å². The minimum Gasteiger partial charge on any atom is -0.224 e. The van der Waals surface area contributed by atoms with Crippen molar-refractivity contribution in [1.82, 2.24) is 0 Å². The molecule has 0 aliphatic heterocycles. The monoisotopic (exact) mass is 169 g/mol. The molecular formula is C8H9O2S. The summed E-state index contributed by atoms with van der Waals surface area (Å²) in [6, 6.07) is 7.65. The highest BCUT2D eigenvalue weighted by Crippen LogP contribution is 2.09. The van der Waals surface area contributed by atoms with Crippen LogP contribution in [0.3, 0.4) is 0 Å². The van der Waals surface area contributed by atoms with Crippen molar-refractivity contribution in [3.05, 3.63) is 29.8 Å². The Morgan fingerprint density at radius 1 is 1.45 bits per heavy atom. The zero-order valence-electron chi connectivity index (χ0n) is 6.46. The van der Waals surface area contributed by atoms with Gasteiger partial charge in [0, 0.05) is 6.26 Å². The number of hydrogen-bond acceptors (Lipinski definition) is 2. The van der Waals surface area contributed by atoms with Crippen LogP contribution in [0.2, 0.25) is 0 Å². The van der Waals surface area contributed by atoms with Crippen molar-refractivity contribution in [2.45, 2.75) is 11.8 Å². The lowest BCUT2D eigenvalue weighted by molar-refractivity contribution is 0.602. The quantitative estimate of drug-likeness (QED) is 0.633. The van der Waals surface area contributed by atoms with Crippen molar-refractivity contribution >= 4 is 9.84 Å². The topological polar surface area (TPSA) is 34.1 Å². The molecule has 0 heterocycles. The largest absolute Gasteiger partial charge is 0.224 e. The molecule has 11 heavy (non-hydrogen) atoms. The molecule has 0 aliphatic carbocycles. The first-order chi connectivity index (χ1) is 5.00. The summed E-state index contributed by atoms with van der Waals surface area (Å²) < 4.78 is 21.9. The second-order valence-corrected chi connectivity index (χ2v) is 4.50. The normalized spacial score (nSPS) is 11.5. The van der Waals surface area contributed by atoms with Gasteiger partial charge in [-0.25, -0.2) is 8.42 Å². The van der Waals surface area contributed by atoms with E-state index in [-0.39, 0.29) is 0 Å². The molecule has 0 atom stereocenters. The molecule has 0 amide bonds. The Hall–Kier alpha value is -0.830. The van der Waals surface area contributed by atoms with Crippen molar-refractivity contribution in [2.24, 2.45) is 0 Å². The molecule has 1 aromatic carbocycles. The van der Waals surface area contributed by atoms with Crippen LogP contribution in [0.25, 0.3) is 0 Å². The van der Waals surface area contributed by atoms with Crippen LogP contribution in [-0.4, -0.2) is 14.7 Å². The first kappa shape index (κ1) is 8.27. The molecule has 0 spiro atoms. The SMILES string of the molecule is Cc1[c]ccc(S(C)(=O)=O)c1. The lowest BCUT2D eigenvalue weighted by atomic mass is 10.2. The summed E-state index contributed by atoms with van der Waals surface area (Å²) in [4.78, 5) is 0.355. The molecule has 1 rings (SSSR count). The molecule has 0 fully saturated rings. The predicted molar refractivity (Wildman–Crippen MR) is 43.1 cm³/mol. The summed E-state index contributed by atoms with van der Waals surface area (Å²) in [6.45, 7) is 1.81. The maximum Gasteiger partial charge on any atom is 0.175 e. The van der Waals surface area contributed by atoms with Crippen molar-refractivity contribution in [2.75, 3.05) is 6.26 Å². The third-order valence-electron chi connectivity index (χ3n) is 1.35. The van der Waals surface area contributed by atoms with Crippen LogP contribution in [0, 0.1) is 13.0 Å². The Bertz CT molecular complexity index is 352. The van der Waals surface area contributed by atoms with E-state index < -0.39 is 9.84 Å². The first-order valence-corrected chi connectivity index (χ1v) is 5.08. The van der Waals surface area contributed by atoms with E-state index in [4.69, 9.17) is 0 Å². The minimum atomic E-state index is -3.05. The first-order valence-electron chi connectivity index (χ1n) is 3.18. The number of sulfone groups is 1. The standard InChI is InChI=1S/C8H9O2S/c1-7-4-3-5-8(6-7)11(2,9)10/h3,5-6H,1-2H3. The summed E-state index contributed by atoms with van der Waals surface area (Å²) >= 11 is 0. The van der Waals surface area contributed by atoms with Crippen LogP contribution in [-0.2, 0) is 9.84 Å². The van der Waals surface area contributed by atoms with Crippen LogP contribution < -0.4 is 0 Å². The van der Waals surface area contributed by atoms with Crippen molar-refractivity contribution in [3.8, 4) is 0 Å². The van der Waals surface area contributed by atoms with Gasteiger partial charge in [-0.05, 0) is 30.7 Å². The molecule has 59 valence electrons. The van der Waals surface area contributed by atoms with Gasteiger partial charge in [-0.15, -0.1) is 0 Å². The fourth-order valence-electron chi connectivity index (χ4n) is 0.789. The molecule has 0 saturated heterocycles. The van der Waals surface area contributed by atoms with Crippen molar-refractivity contribution in [1.29, 1.82) is 0 Å². The fraction of sp³-hybridized carbons (Fsp3) is 0.250. The summed E-state index contributed by atoms with van der Waals surface area (Å²) in [6.07, 6.45) is 1.20. The van der Waals surface area contributed by atoms with Crippen LogP contribution >= 0.6 is 0 Å². The van der Waals surface area contributed by atoms with Gasteiger partial charge in [0.1, 0.15) is 0 Å². The molecule has 0 unspecified atom stereocenters. The Labute approximate surface area is 66.8 Å². The van der Waals surface area contributed by atoms with Crippen LogP contribution in [0.1, 0.15) is 5.56 Å². The van der Waals surface area contributed by atoms with Gasteiger partial charge >= 0.3 is 0 Å². The summed E-state index contributed by atoms with van der Waals surface area (Å²) in [5.41, 5.74) is 0.841. The second-order valence-electron chi connectivity index (χ2n) is 2.48. The average Bonchev–Trinajstić information content (AvgIpc) is 1.86. The average molecular weight is 169 g/mol. The molecule has 0 aromatic heterocycles. The van der Waals surface area contributed by atoms with Crippen LogP contribution in [0.15, 0.2) is 23.1 Å². The lowest BCUT2D eigenvalue weighted by Crippen LogP contribution is -1.96. The fourth-order valence-corrected chi connectivity index (χ4v) is 1.50. The smallest absolute Gasteiger partial charge is 0.175 e. The van der Waals surface area contributed by atoms with E-state index >= 15 is 0 Å². The van der Waals surface area contributed by atoms with E-state index in [0.717, 1.165) is 5.56 Å². The maximum atomic E-state index is 11.0. The Morgan fingerprint density at radius 3 is 2.45 bits per heavy atom. The van der Waals surface area contributed by atoms with E-state index in [0.29, 0.717) is 4.90 Å². The molecule has 0 N–H and O–H groups in total. The Balaban J connectivity index is 3.28. The van der Waals surface area contributed by atoms with Crippen LogP contribution in [0.5, 0.6) is 0 Å². The number of aryl methyl sites for hydroxylation is 1. The van der Waals surface area contributed by atoms with Gasteiger partial charge in [0.05, 0.1) is 4.90 Å². The van der Waals surface area contributed by atoms with E-state index in [1.807, 2.05) is 6.92 Å². The van der Waals surface area contributed by atoms with Gasteiger partial charge in [0.2, 0.25) is 0 Å². The highest BCUT2D eigenvalue weighted by Gasteiger charge is 2.04. The molecule has 2 nitrogen and oxygen atoms in total. The van der Waals surface area contributed by atoms with E-state index in [1.165, 1.54) is 6.26 Å². The third kappa shape index (κ3) is 2.05. The summed E-state index contributed by atoms with van der Waals surface area (Å²) in [5, 5.41) is 0. The van der Waals surface area contributed by atoms with Gasteiger partial charge in [0.15, 0.2) is 9.84 Å². The third-order valence-corrected chi connectivity index (χ3v) is 2.46. The van der Waals surface area contributed by atoms with Crippen LogP contribution in [0.4, 0.5) is 0 Å². The Kier molecular flexibility index (Phi) is 2.00. The van der Waals surface area contributed by atoms with Crippen molar-refractivity contribution < 1.29 is 8.42 Å². The van der Waals surface area contributed by atoms with Crippen molar-refractivity contribution in [3.63, 3.8) is 0 Å². The molecule has 0 aliphatic rings. The molecule has 0 saturated carbocycles. The van der Waals surface area contributed by atoms with Gasteiger partial charge < -0.3 is 0 Å². The zero-order valence-corrected chi connectivity index (χ0v) is 7.27. The highest BCUT2D eigenvalue weighted by molar-refractivity contribution is 7.90. The zero-order chi connectivity index (χ0) is 8.48. The molecular weight excluding hydrogens is 160 g/mol. The molecule has 1 radical (unpaired) electrons. The van der Waals surface area contributed by atoms with E-state index in [9.17, 15) is 8.42 Å². The maximum absolute atomic E-state index is 11.0. The second kappa shape index (κ2) is 2.66. The molecule has 3 heteroatoms. The van der Waals surface area contributed by atoms with Gasteiger partial charge in [-0.2, -0.15) is 0 Å². The predicted octanol–water partition coefficient (Wildman–Crippen LogP) is 1.20. The van der Waals surface area contributed by atoms with Gasteiger partial charge in [-0.1, -0.05) is 6.07 Å². The number of hydrogen-bond donors (Lipinski definition) is 0. The van der Waals surface area contributed by atoms with Gasteiger partial charge in [-0.3, -0.25) is 0 Å². The van der Waals surface area contributed by atoms with E-state index in [2.05, 4.69) is 6.07 Å². The lowest BCUT2D eigenvalue weighted by Gasteiger charge is -1.97. The molecule has 0 bridgehead atoms. The number of benzene rings is 1. The minimum absolute atomic E-state index is 0.355. The van der Waals surface area contributed by atoms with Gasteiger partial charge in [0.25, 0.3) is 0 Å². The Morgan fingerprint density at radius 2 is 2.09 bits per heavy atom. The summed E-state index contributed by atoms with van der Waals surface area (Å²) in [5.74, 6) is 0. The highest BCUT2D eigenvalue weighted by atomic mass is 32.2.